The monoisotopic (exact) mass is 328 g/mol. The fourth-order valence-corrected chi connectivity index (χ4v) is 3.98. The summed E-state index contributed by atoms with van der Waals surface area (Å²) >= 11 is 0. The minimum absolute atomic E-state index is 0.0250. The molecule has 0 spiro atoms. The van der Waals surface area contributed by atoms with Gasteiger partial charge in [-0.2, -0.15) is 0 Å². The minimum Gasteiger partial charge on any atom is -0.377 e. The molecular weight excluding hydrogens is 304 g/mol. The van der Waals surface area contributed by atoms with Crippen LogP contribution in [-0.4, -0.2) is 48.6 Å². The third kappa shape index (κ3) is 2.61. The largest absolute Gasteiger partial charge is 0.377 e. The van der Waals surface area contributed by atoms with E-state index < -0.39 is 5.41 Å². The molecule has 0 radical (unpaired) electrons. The highest BCUT2D eigenvalue weighted by atomic mass is 16.5. The third-order valence-electron chi connectivity index (χ3n) is 5.65. The summed E-state index contributed by atoms with van der Waals surface area (Å²) < 4.78 is 5.84. The number of benzene rings is 1. The molecule has 1 N–H and O–H groups in total. The molecule has 2 atom stereocenters. The molecule has 2 aliphatic heterocycles. The number of piperidine rings is 1. The normalized spacial score (nSPS) is 29.2. The summed E-state index contributed by atoms with van der Waals surface area (Å²) in [7, 11) is 0. The summed E-state index contributed by atoms with van der Waals surface area (Å²) in [5, 5.41) is 3.14. The molecule has 5 nitrogen and oxygen atoms in total. The minimum atomic E-state index is -0.570. The second kappa shape index (κ2) is 5.88. The van der Waals surface area contributed by atoms with Crippen LogP contribution >= 0.6 is 0 Å². The topological polar surface area (TPSA) is 58.6 Å². The molecule has 1 saturated carbocycles. The maximum Gasteiger partial charge on any atom is 0.254 e. The number of nitrogens with zero attached hydrogens (tertiary/aromatic N) is 1. The number of carbonyl (C=O) groups excluding carboxylic acids is 2. The van der Waals surface area contributed by atoms with Crippen LogP contribution in [0.3, 0.4) is 0 Å². The number of hydrogen-bond donors (Lipinski definition) is 1. The smallest absolute Gasteiger partial charge is 0.254 e. The number of fused-ring (bicyclic) bond motifs is 1. The van der Waals surface area contributed by atoms with Gasteiger partial charge in [0, 0.05) is 31.3 Å². The Kier molecular flexibility index (Phi) is 3.83. The average molecular weight is 328 g/mol. The van der Waals surface area contributed by atoms with Gasteiger partial charge in [0.2, 0.25) is 5.91 Å². The molecule has 2 amide bonds. The summed E-state index contributed by atoms with van der Waals surface area (Å²) in [5.41, 5.74) is 1.13. The van der Waals surface area contributed by atoms with Crippen LogP contribution in [0.2, 0.25) is 0 Å². The molecule has 3 aliphatic rings. The van der Waals surface area contributed by atoms with E-state index in [1.54, 1.807) is 0 Å². The van der Waals surface area contributed by atoms with Gasteiger partial charge in [0.05, 0.1) is 11.5 Å². The van der Waals surface area contributed by atoms with Gasteiger partial charge in [0.25, 0.3) is 5.91 Å². The summed E-state index contributed by atoms with van der Waals surface area (Å²) in [6.45, 7) is 3.67. The highest BCUT2D eigenvalue weighted by Crippen LogP contribution is 2.42. The zero-order chi connectivity index (χ0) is 16.7. The molecule has 1 aliphatic carbocycles. The van der Waals surface area contributed by atoms with E-state index in [1.165, 1.54) is 0 Å². The molecule has 1 aromatic rings. The summed E-state index contributed by atoms with van der Waals surface area (Å²) in [6, 6.07) is 7.98. The Morgan fingerprint density at radius 2 is 2.04 bits per heavy atom. The Morgan fingerprint density at radius 1 is 1.25 bits per heavy atom. The molecule has 0 aromatic heterocycles. The Labute approximate surface area is 142 Å². The Hall–Kier alpha value is -1.88. The molecular formula is C19H24N2O3. The van der Waals surface area contributed by atoms with Crippen LogP contribution in [0.25, 0.3) is 0 Å². The highest BCUT2D eigenvalue weighted by molar-refractivity contribution is 5.96. The lowest BCUT2D eigenvalue weighted by Gasteiger charge is -2.42. The number of hydrogen-bond acceptors (Lipinski definition) is 3. The van der Waals surface area contributed by atoms with E-state index in [0.29, 0.717) is 32.2 Å². The SMILES string of the molecule is Cc1ccccc1C(=O)N1CC[C@H]2OCC[C@@]2(C(=O)NC2CC2)C1. The van der Waals surface area contributed by atoms with Crippen LogP contribution in [0.5, 0.6) is 0 Å². The number of amides is 2. The standard InChI is InChI=1S/C19H24N2O3/c1-13-4-2-3-5-15(13)17(22)21-10-8-16-19(12-21,9-11-24-16)18(23)20-14-6-7-14/h2-5,14,16H,6-12H2,1H3,(H,20,23)/t16-,19-/m1/s1. The number of likely N-dealkylation sites (tertiary alicyclic amines) is 1. The van der Waals surface area contributed by atoms with Gasteiger partial charge in [-0.1, -0.05) is 18.2 Å². The summed E-state index contributed by atoms with van der Waals surface area (Å²) in [5.74, 6) is 0.104. The molecule has 0 bridgehead atoms. The van der Waals surface area contributed by atoms with E-state index in [1.807, 2.05) is 36.1 Å². The lowest BCUT2D eigenvalue weighted by Crippen LogP contribution is -2.58. The van der Waals surface area contributed by atoms with Crippen molar-refractivity contribution >= 4 is 11.8 Å². The van der Waals surface area contributed by atoms with Crippen molar-refractivity contribution in [1.82, 2.24) is 10.2 Å². The van der Waals surface area contributed by atoms with Gasteiger partial charge in [0.15, 0.2) is 0 Å². The molecule has 1 aromatic carbocycles. The number of ether oxygens (including phenoxy) is 1. The van der Waals surface area contributed by atoms with Crippen molar-refractivity contribution in [2.75, 3.05) is 19.7 Å². The number of rotatable bonds is 3. The van der Waals surface area contributed by atoms with Gasteiger partial charge < -0.3 is 15.0 Å². The summed E-state index contributed by atoms with van der Waals surface area (Å²) in [4.78, 5) is 27.7. The van der Waals surface area contributed by atoms with Crippen molar-refractivity contribution in [2.45, 2.75) is 44.8 Å². The van der Waals surface area contributed by atoms with E-state index in [2.05, 4.69) is 5.32 Å². The van der Waals surface area contributed by atoms with Gasteiger partial charge in [-0.05, 0) is 44.2 Å². The number of carbonyl (C=O) groups is 2. The zero-order valence-electron chi connectivity index (χ0n) is 14.1. The van der Waals surface area contributed by atoms with Crippen LogP contribution < -0.4 is 5.32 Å². The van der Waals surface area contributed by atoms with Crippen molar-refractivity contribution in [3.8, 4) is 0 Å². The molecule has 2 saturated heterocycles. The van der Waals surface area contributed by atoms with Crippen LogP contribution in [0.1, 0.15) is 41.6 Å². The Morgan fingerprint density at radius 3 is 2.79 bits per heavy atom. The van der Waals surface area contributed by atoms with Crippen molar-refractivity contribution in [3.05, 3.63) is 35.4 Å². The molecule has 128 valence electrons. The van der Waals surface area contributed by atoms with E-state index in [0.717, 1.165) is 30.4 Å². The van der Waals surface area contributed by atoms with Gasteiger partial charge in [-0.3, -0.25) is 9.59 Å². The first-order valence-corrected chi connectivity index (χ1v) is 8.88. The molecule has 5 heteroatoms. The molecule has 4 rings (SSSR count). The third-order valence-corrected chi connectivity index (χ3v) is 5.65. The second-order valence-electron chi connectivity index (χ2n) is 7.34. The quantitative estimate of drug-likeness (QED) is 0.922. The van der Waals surface area contributed by atoms with Crippen molar-refractivity contribution in [3.63, 3.8) is 0 Å². The Bertz CT molecular complexity index is 670. The fraction of sp³-hybridized carbons (Fsp3) is 0.579. The molecule has 24 heavy (non-hydrogen) atoms. The lowest BCUT2D eigenvalue weighted by atomic mass is 9.75. The fourth-order valence-electron chi connectivity index (χ4n) is 3.98. The van der Waals surface area contributed by atoms with E-state index in [9.17, 15) is 9.59 Å². The molecule has 2 heterocycles. The Balaban J connectivity index is 1.57. The van der Waals surface area contributed by atoms with Gasteiger partial charge >= 0.3 is 0 Å². The molecule has 3 fully saturated rings. The van der Waals surface area contributed by atoms with Gasteiger partial charge in [-0.15, -0.1) is 0 Å². The van der Waals surface area contributed by atoms with Crippen LogP contribution in [0.4, 0.5) is 0 Å². The predicted octanol–water partition coefficient (Wildman–Crippen LogP) is 1.89. The second-order valence-corrected chi connectivity index (χ2v) is 7.34. The van der Waals surface area contributed by atoms with E-state index >= 15 is 0 Å². The first-order valence-electron chi connectivity index (χ1n) is 8.88. The van der Waals surface area contributed by atoms with Gasteiger partial charge in [0.1, 0.15) is 0 Å². The first-order chi connectivity index (χ1) is 11.6. The van der Waals surface area contributed by atoms with Crippen LogP contribution in [0, 0.1) is 12.3 Å². The van der Waals surface area contributed by atoms with Crippen LogP contribution in [-0.2, 0) is 9.53 Å². The maximum atomic E-state index is 13.0. The van der Waals surface area contributed by atoms with Crippen molar-refractivity contribution in [2.24, 2.45) is 5.41 Å². The summed E-state index contributed by atoms with van der Waals surface area (Å²) in [6.07, 6.45) is 3.51. The van der Waals surface area contributed by atoms with Crippen molar-refractivity contribution < 1.29 is 14.3 Å². The number of aryl methyl sites for hydroxylation is 1. The maximum absolute atomic E-state index is 13.0. The lowest BCUT2D eigenvalue weighted by molar-refractivity contribution is -0.138. The van der Waals surface area contributed by atoms with Gasteiger partial charge in [-0.25, -0.2) is 0 Å². The number of nitrogens with one attached hydrogen (secondary N) is 1. The van der Waals surface area contributed by atoms with E-state index in [-0.39, 0.29) is 17.9 Å². The average Bonchev–Trinajstić information content (AvgIpc) is 3.29. The first kappa shape index (κ1) is 15.6. The van der Waals surface area contributed by atoms with Crippen molar-refractivity contribution in [1.29, 1.82) is 0 Å². The highest BCUT2D eigenvalue weighted by Gasteiger charge is 2.54. The van der Waals surface area contributed by atoms with E-state index in [4.69, 9.17) is 4.74 Å². The zero-order valence-corrected chi connectivity index (χ0v) is 14.1. The van der Waals surface area contributed by atoms with Crippen LogP contribution in [0.15, 0.2) is 24.3 Å². The molecule has 0 unspecified atom stereocenters. The predicted molar refractivity (Wildman–Crippen MR) is 89.7 cm³/mol.